The molecule has 3 aromatic rings. The van der Waals surface area contributed by atoms with E-state index in [1.807, 2.05) is 23.9 Å². The number of carbonyl (C=O) groups is 1. The van der Waals surface area contributed by atoms with Gasteiger partial charge in [0.2, 0.25) is 5.95 Å². The van der Waals surface area contributed by atoms with Crippen LogP contribution in [0.4, 0.5) is 27.9 Å². The Hall–Kier alpha value is -4.37. The number of aromatic nitrogens is 4. The van der Waals surface area contributed by atoms with Crippen LogP contribution in [0.1, 0.15) is 30.5 Å². The molecule has 14 nitrogen and oxygen atoms in total. The van der Waals surface area contributed by atoms with Crippen molar-refractivity contribution in [3.63, 3.8) is 0 Å². The van der Waals surface area contributed by atoms with Crippen LogP contribution in [0.3, 0.4) is 0 Å². The van der Waals surface area contributed by atoms with E-state index in [4.69, 9.17) is 16.3 Å². The van der Waals surface area contributed by atoms with Gasteiger partial charge in [-0.15, -0.1) is 5.10 Å². The number of anilines is 4. The summed E-state index contributed by atoms with van der Waals surface area (Å²) in [6.45, 7) is 1.48. The molecule has 214 valence electrons. The highest BCUT2D eigenvalue weighted by atomic mass is 35.5. The molecule has 1 aliphatic carbocycles. The molecule has 0 bridgehead atoms. The van der Waals surface area contributed by atoms with Gasteiger partial charge in [-0.05, 0) is 45.5 Å². The number of hydrogen-bond donors (Lipinski definition) is 4. The van der Waals surface area contributed by atoms with E-state index in [1.165, 1.54) is 10.7 Å². The maximum absolute atomic E-state index is 12.2. The van der Waals surface area contributed by atoms with Crippen molar-refractivity contribution in [2.45, 2.75) is 37.5 Å². The van der Waals surface area contributed by atoms with Gasteiger partial charge in [-0.3, -0.25) is 0 Å². The Labute approximate surface area is 241 Å². The number of nitrogens with one attached hydrogen (secondary N) is 3. The van der Waals surface area contributed by atoms with Crippen molar-refractivity contribution in [1.29, 1.82) is 10.5 Å². The van der Waals surface area contributed by atoms with Crippen molar-refractivity contribution in [2.24, 2.45) is 0 Å². The number of aliphatic hydroxyl groups is 1. The highest BCUT2D eigenvalue weighted by Gasteiger charge is 2.31. The lowest BCUT2D eigenvalue weighted by atomic mass is 10.0. The summed E-state index contributed by atoms with van der Waals surface area (Å²) < 4.78 is 6.59. The summed E-state index contributed by atoms with van der Waals surface area (Å²) >= 11 is 6.83. The third-order valence-corrected chi connectivity index (χ3v) is 7.22. The van der Waals surface area contributed by atoms with Gasteiger partial charge in [0.25, 0.3) is 0 Å². The summed E-state index contributed by atoms with van der Waals surface area (Å²) in [6.07, 6.45) is 2.43. The lowest BCUT2D eigenvalue weighted by molar-refractivity contribution is 0.0932. The third kappa shape index (κ3) is 6.52. The number of hydrogen-bond acceptors (Lipinski definition) is 12. The van der Waals surface area contributed by atoms with Gasteiger partial charge >= 0.3 is 6.09 Å². The zero-order chi connectivity index (χ0) is 29.1. The van der Waals surface area contributed by atoms with Crippen molar-refractivity contribution in [1.82, 2.24) is 29.8 Å². The van der Waals surface area contributed by atoms with Gasteiger partial charge < -0.3 is 35.6 Å². The van der Waals surface area contributed by atoms with Gasteiger partial charge in [-0.2, -0.15) is 20.0 Å². The maximum atomic E-state index is 12.2. The fraction of sp³-hybridized carbons (Fsp3) is 0.462. The minimum absolute atomic E-state index is 0.161. The predicted octanol–water partition coefficient (Wildman–Crippen LogP) is 2.07. The first kappa shape index (κ1) is 28.2. The van der Waals surface area contributed by atoms with Crippen molar-refractivity contribution >= 4 is 46.5 Å². The quantitative estimate of drug-likeness (QED) is 0.290. The van der Waals surface area contributed by atoms with Crippen LogP contribution < -0.4 is 20.9 Å². The Bertz CT molecular complexity index is 1530. The third-order valence-electron chi connectivity index (χ3n) is 6.82. The average molecular weight is 580 g/mol. The first-order chi connectivity index (χ1) is 19.7. The number of aliphatic hydroxyl groups excluding tert-OH is 1. The van der Waals surface area contributed by atoms with E-state index in [2.05, 4.69) is 43.2 Å². The first-order valence-corrected chi connectivity index (χ1v) is 13.6. The fourth-order valence-electron chi connectivity index (χ4n) is 4.48. The number of nitrogens with zero attached hydrogens (tertiary/aromatic N) is 8. The summed E-state index contributed by atoms with van der Waals surface area (Å²) in [4.78, 5) is 24.8. The molecular formula is C26H30ClN11O3. The van der Waals surface area contributed by atoms with Crippen LogP contribution >= 0.6 is 11.6 Å². The van der Waals surface area contributed by atoms with Gasteiger partial charge in [-0.1, -0.05) is 11.6 Å². The number of amides is 1. The highest BCUT2D eigenvalue weighted by molar-refractivity contribution is 6.36. The number of ether oxygens (including phenoxy) is 1. The topological polar surface area (TPSA) is 180 Å². The molecule has 1 amide bonds. The number of alkyl carbamates (subject to hydrolysis) is 1. The van der Waals surface area contributed by atoms with Crippen molar-refractivity contribution in [3.05, 3.63) is 34.6 Å². The monoisotopic (exact) mass is 579 g/mol. The van der Waals surface area contributed by atoms with E-state index in [9.17, 15) is 20.4 Å². The maximum Gasteiger partial charge on any atom is 0.407 e. The smallest absolute Gasteiger partial charge is 0.407 e. The molecule has 0 unspecified atom stereocenters. The molecule has 2 aliphatic rings. The van der Waals surface area contributed by atoms with Crippen molar-refractivity contribution in [2.75, 3.05) is 55.9 Å². The molecule has 1 saturated carbocycles. The molecule has 5 rings (SSSR count). The van der Waals surface area contributed by atoms with Crippen LogP contribution in [-0.2, 0) is 4.74 Å². The predicted molar refractivity (Wildman–Crippen MR) is 151 cm³/mol. The summed E-state index contributed by atoms with van der Waals surface area (Å²) in [6, 6.07) is 7.24. The lowest BCUT2D eigenvalue weighted by Gasteiger charge is -2.38. The van der Waals surface area contributed by atoms with Gasteiger partial charge in [0, 0.05) is 25.7 Å². The van der Waals surface area contributed by atoms with Crippen LogP contribution in [-0.4, -0.2) is 94.2 Å². The van der Waals surface area contributed by atoms with Gasteiger partial charge in [0.15, 0.2) is 17.2 Å². The Morgan fingerprint density at radius 3 is 2.76 bits per heavy atom. The van der Waals surface area contributed by atoms with E-state index >= 15 is 0 Å². The Morgan fingerprint density at radius 1 is 1.27 bits per heavy atom. The highest BCUT2D eigenvalue weighted by Crippen LogP contribution is 2.37. The summed E-state index contributed by atoms with van der Waals surface area (Å²) in [5.74, 6) is 0.644. The second-order valence-corrected chi connectivity index (χ2v) is 10.7. The number of benzene rings is 1. The summed E-state index contributed by atoms with van der Waals surface area (Å²) in [5.41, 5.74) is 1.94. The molecule has 0 spiro atoms. The van der Waals surface area contributed by atoms with E-state index in [-0.39, 0.29) is 30.8 Å². The van der Waals surface area contributed by atoms with E-state index < -0.39 is 18.2 Å². The molecule has 2 atom stereocenters. The Morgan fingerprint density at radius 2 is 2.07 bits per heavy atom. The minimum Gasteiger partial charge on any atom is -0.448 e. The van der Waals surface area contributed by atoms with Gasteiger partial charge in [0.1, 0.15) is 12.7 Å². The van der Waals surface area contributed by atoms with Crippen molar-refractivity contribution < 1.29 is 14.6 Å². The van der Waals surface area contributed by atoms with Crippen LogP contribution in [0.5, 0.6) is 0 Å². The second-order valence-electron chi connectivity index (χ2n) is 10.3. The Kier molecular flexibility index (Phi) is 8.26. The minimum atomic E-state index is -0.893. The van der Waals surface area contributed by atoms with E-state index in [1.54, 1.807) is 12.1 Å². The zero-order valence-electron chi connectivity index (χ0n) is 22.6. The number of likely N-dealkylation sites (N-methyl/N-ethyl adjacent to an activating group) is 1. The number of halogens is 1. The number of rotatable bonds is 9. The second kappa shape index (κ2) is 12.0. The summed E-state index contributed by atoms with van der Waals surface area (Å²) in [7, 11) is 3.76. The van der Waals surface area contributed by atoms with Crippen LogP contribution in [0.15, 0.2) is 18.3 Å². The van der Waals surface area contributed by atoms with Crippen LogP contribution in [0.25, 0.3) is 5.65 Å². The number of β-amino-alcohol motifs (C(OH)–C–C–N with tert-alkyl or cyclic N) is 1. The fourth-order valence-corrected chi connectivity index (χ4v) is 4.75. The molecule has 4 N–H and O–H groups in total. The summed E-state index contributed by atoms with van der Waals surface area (Å²) in [5, 5.41) is 43.9. The molecule has 1 aromatic carbocycles. The normalized spacial score (nSPS) is 18.6. The first-order valence-electron chi connectivity index (χ1n) is 13.2. The number of piperidine rings is 1. The largest absolute Gasteiger partial charge is 0.448 e. The SMILES string of the molecule is CN(C)CCOC(=O)N[C@@H]1CCN(c2cc(C#N)cc(Nc3nc(NC4CC4)c4ncc(C#N)n4n3)c2Cl)C[C@H]1O. The number of carbonyl (C=O) groups excluding carboxylic acids is 1. The van der Waals surface area contributed by atoms with Crippen LogP contribution in [0.2, 0.25) is 5.02 Å². The Balaban J connectivity index is 1.35. The molecule has 15 heteroatoms. The van der Waals surface area contributed by atoms with Gasteiger partial charge in [-0.25, -0.2) is 9.78 Å². The molecule has 2 fully saturated rings. The molecular weight excluding hydrogens is 550 g/mol. The van der Waals surface area contributed by atoms with E-state index in [0.717, 1.165) is 12.8 Å². The molecule has 3 heterocycles. The lowest BCUT2D eigenvalue weighted by Crippen LogP contribution is -2.54. The molecule has 41 heavy (non-hydrogen) atoms. The average Bonchev–Trinajstić information content (AvgIpc) is 3.66. The van der Waals surface area contributed by atoms with Crippen LogP contribution in [0, 0.1) is 22.7 Å². The standard InChI is InChI=1S/C26H30ClN11O3/c1-36(2)7-8-41-26(40)33-18-5-6-37(14-21(18)39)20-10-15(11-28)9-19(22(20)27)32-25-34-23(31-16-3-4-16)24-30-13-17(12-29)38(24)35-25/h9-10,13,16,18,21,39H,3-8,14H2,1-2H3,(H,33,40)(H2,31,32,34,35)/t18-,21-/m1/s1. The van der Waals surface area contributed by atoms with E-state index in [0.29, 0.717) is 52.9 Å². The number of nitriles is 2. The number of imidazole rings is 1. The molecule has 0 radical (unpaired) electrons. The number of fused-ring (bicyclic) bond motifs is 1. The molecule has 1 aliphatic heterocycles. The molecule has 1 saturated heterocycles. The van der Waals surface area contributed by atoms with Crippen molar-refractivity contribution in [3.8, 4) is 12.1 Å². The molecule has 2 aromatic heterocycles. The van der Waals surface area contributed by atoms with Gasteiger partial charge in [0.05, 0.1) is 46.4 Å². The zero-order valence-corrected chi connectivity index (χ0v) is 23.4.